The summed E-state index contributed by atoms with van der Waals surface area (Å²) in [4.78, 5) is 12.9. The molecule has 0 saturated carbocycles. The van der Waals surface area contributed by atoms with E-state index in [2.05, 4.69) is 5.32 Å². The molecule has 5 nitrogen and oxygen atoms in total. The highest BCUT2D eigenvalue weighted by molar-refractivity contribution is 5.77. The SMILES string of the molecule is CN(C)CCNC(=O)COCCO. The van der Waals surface area contributed by atoms with Gasteiger partial charge in [0.25, 0.3) is 0 Å². The first-order valence-electron chi connectivity index (χ1n) is 4.27. The van der Waals surface area contributed by atoms with Gasteiger partial charge in [-0.05, 0) is 14.1 Å². The molecule has 0 aliphatic rings. The van der Waals surface area contributed by atoms with Crippen LogP contribution in [0.3, 0.4) is 0 Å². The number of ether oxygens (including phenoxy) is 1. The molecule has 0 radical (unpaired) electrons. The fourth-order valence-electron chi connectivity index (χ4n) is 0.699. The molecule has 0 aromatic carbocycles. The van der Waals surface area contributed by atoms with Gasteiger partial charge < -0.3 is 20.1 Å². The Morgan fingerprint density at radius 2 is 2.23 bits per heavy atom. The molecule has 0 aromatic heterocycles. The Morgan fingerprint density at radius 3 is 2.77 bits per heavy atom. The van der Waals surface area contributed by atoms with Crippen LogP contribution in [0.15, 0.2) is 0 Å². The number of carbonyl (C=O) groups is 1. The van der Waals surface area contributed by atoms with Gasteiger partial charge in [-0.2, -0.15) is 0 Å². The zero-order chi connectivity index (χ0) is 10.1. The number of likely N-dealkylation sites (N-methyl/N-ethyl adjacent to an activating group) is 1. The fourth-order valence-corrected chi connectivity index (χ4v) is 0.699. The molecule has 0 saturated heterocycles. The predicted octanol–water partition coefficient (Wildman–Crippen LogP) is -1.33. The van der Waals surface area contributed by atoms with Crippen molar-refractivity contribution in [2.24, 2.45) is 0 Å². The second-order valence-electron chi connectivity index (χ2n) is 2.93. The van der Waals surface area contributed by atoms with Gasteiger partial charge in [-0.15, -0.1) is 0 Å². The molecule has 13 heavy (non-hydrogen) atoms. The molecule has 0 fully saturated rings. The Kier molecular flexibility index (Phi) is 7.57. The molecule has 78 valence electrons. The van der Waals surface area contributed by atoms with E-state index in [0.717, 1.165) is 6.54 Å². The zero-order valence-electron chi connectivity index (χ0n) is 8.25. The number of amides is 1. The van der Waals surface area contributed by atoms with Crippen LogP contribution < -0.4 is 5.32 Å². The van der Waals surface area contributed by atoms with Gasteiger partial charge in [0.05, 0.1) is 13.2 Å². The van der Waals surface area contributed by atoms with Crippen molar-refractivity contribution >= 4 is 5.91 Å². The fraction of sp³-hybridized carbons (Fsp3) is 0.875. The number of carbonyl (C=O) groups excluding carboxylic acids is 1. The summed E-state index contributed by atoms with van der Waals surface area (Å²) in [6.45, 7) is 1.61. The molecule has 1 amide bonds. The summed E-state index contributed by atoms with van der Waals surface area (Å²) in [7, 11) is 3.88. The van der Waals surface area contributed by atoms with E-state index in [9.17, 15) is 4.79 Å². The van der Waals surface area contributed by atoms with E-state index in [1.165, 1.54) is 0 Å². The molecule has 0 unspecified atom stereocenters. The van der Waals surface area contributed by atoms with Gasteiger partial charge in [0.2, 0.25) is 5.91 Å². The van der Waals surface area contributed by atoms with Crippen molar-refractivity contribution in [2.75, 3.05) is 47.0 Å². The summed E-state index contributed by atoms with van der Waals surface area (Å²) in [5, 5.41) is 11.1. The standard InChI is InChI=1S/C8H18N2O3/c1-10(2)4-3-9-8(12)7-13-6-5-11/h11H,3-7H2,1-2H3,(H,9,12). The molecule has 0 atom stereocenters. The van der Waals surface area contributed by atoms with Crippen LogP contribution >= 0.6 is 0 Å². The maximum Gasteiger partial charge on any atom is 0.246 e. The lowest BCUT2D eigenvalue weighted by Crippen LogP contribution is -2.33. The van der Waals surface area contributed by atoms with Gasteiger partial charge in [0, 0.05) is 13.1 Å². The maximum absolute atomic E-state index is 11.0. The second-order valence-corrected chi connectivity index (χ2v) is 2.93. The third-order valence-corrected chi connectivity index (χ3v) is 1.35. The van der Waals surface area contributed by atoms with Crippen molar-refractivity contribution in [3.63, 3.8) is 0 Å². The minimum absolute atomic E-state index is 0.0218. The average Bonchev–Trinajstić information content (AvgIpc) is 2.04. The van der Waals surface area contributed by atoms with E-state index in [0.29, 0.717) is 6.54 Å². The van der Waals surface area contributed by atoms with Crippen LogP contribution in [0.4, 0.5) is 0 Å². The monoisotopic (exact) mass is 190 g/mol. The molecule has 0 aromatic rings. The van der Waals surface area contributed by atoms with Gasteiger partial charge in [-0.1, -0.05) is 0 Å². The van der Waals surface area contributed by atoms with E-state index in [1.54, 1.807) is 0 Å². The minimum atomic E-state index is -0.143. The second kappa shape index (κ2) is 7.97. The number of nitrogens with zero attached hydrogens (tertiary/aromatic N) is 1. The van der Waals surface area contributed by atoms with Crippen molar-refractivity contribution in [3.8, 4) is 0 Å². The minimum Gasteiger partial charge on any atom is -0.394 e. The highest BCUT2D eigenvalue weighted by Crippen LogP contribution is 1.75. The molecule has 0 spiro atoms. The quantitative estimate of drug-likeness (QED) is 0.488. The Morgan fingerprint density at radius 1 is 1.54 bits per heavy atom. The number of hydrogen-bond acceptors (Lipinski definition) is 4. The molecule has 5 heteroatoms. The van der Waals surface area contributed by atoms with Crippen LogP contribution in [-0.4, -0.2) is 62.9 Å². The van der Waals surface area contributed by atoms with Crippen molar-refractivity contribution in [2.45, 2.75) is 0 Å². The van der Waals surface area contributed by atoms with E-state index in [4.69, 9.17) is 9.84 Å². The summed E-state index contributed by atoms with van der Waals surface area (Å²) < 4.78 is 4.83. The van der Waals surface area contributed by atoms with Gasteiger partial charge in [-0.25, -0.2) is 0 Å². The molecular weight excluding hydrogens is 172 g/mol. The Balaban J connectivity index is 3.20. The van der Waals surface area contributed by atoms with Crippen LogP contribution in [0.2, 0.25) is 0 Å². The first-order chi connectivity index (χ1) is 6.16. The lowest BCUT2D eigenvalue weighted by atomic mass is 10.5. The van der Waals surface area contributed by atoms with Crippen molar-refractivity contribution in [1.29, 1.82) is 0 Å². The van der Waals surface area contributed by atoms with E-state index in [-0.39, 0.29) is 25.7 Å². The number of rotatable bonds is 7. The van der Waals surface area contributed by atoms with Crippen LogP contribution in [0, 0.1) is 0 Å². The van der Waals surface area contributed by atoms with Crippen LogP contribution in [0.5, 0.6) is 0 Å². The summed E-state index contributed by atoms with van der Waals surface area (Å²) in [6.07, 6.45) is 0. The molecular formula is C8H18N2O3. The largest absolute Gasteiger partial charge is 0.394 e. The van der Waals surface area contributed by atoms with Crippen molar-refractivity contribution in [3.05, 3.63) is 0 Å². The summed E-state index contributed by atoms with van der Waals surface area (Å²) in [5.41, 5.74) is 0. The summed E-state index contributed by atoms with van der Waals surface area (Å²) >= 11 is 0. The smallest absolute Gasteiger partial charge is 0.246 e. The number of aliphatic hydroxyl groups is 1. The van der Waals surface area contributed by atoms with Crippen LogP contribution in [0.25, 0.3) is 0 Å². The molecule has 2 N–H and O–H groups in total. The van der Waals surface area contributed by atoms with Crippen LogP contribution in [-0.2, 0) is 9.53 Å². The third kappa shape index (κ3) is 9.26. The molecule has 0 aliphatic carbocycles. The molecule has 0 heterocycles. The zero-order valence-corrected chi connectivity index (χ0v) is 8.25. The molecule has 0 bridgehead atoms. The summed E-state index contributed by atoms with van der Waals surface area (Å²) in [6, 6.07) is 0. The van der Waals surface area contributed by atoms with Gasteiger partial charge in [0.15, 0.2) is 0 Å². The lowest BCUT2D eigenvalue weighted by molar-refractivity contribution is -0.126. The average molecular weight is 190 g/mol. The Labute approximate surface area is 78.7 Å². The van der Waals surface area contributed by atoms with Crippen molar-refractivity contribution in [1.82, 2.24) is 10.2 Å². The van der Waals surface area contributed by atoms with E-state index < -0.39 is 0 Å². The van der Waals surface area contributed by atoms with E-state index >= 15 is 0 Å². The van der Waals surface area contributed by atoms with Gasteiger partial charge in [0.1, 0.15) is 6.61 Å². The predicted molar refractivity (Wildman–Crippen MR) is 49.5 cm³/mol. The number of aliphatic hydroxyl groups excluding tert-OH is 1. The summed E-state index contributed by atoms with van der Waals surface area (Å²) in [5.74, 6) is -0.143. The normalized spacial score (nSPS) is 10.5. The highest BCUT2D eigenvalue weighted by Gasteiger charge is 1.99. The Hall–Kier alpha value is -0.650. The Bertz CT molecular complexity index is 139. The topological polar surface area (TPSA) is 61.8 Å². The number of hydrogen-bond donors (Lipinski definition) is 2. The third-order valence-electron chi connectivity index (χ3n) is 1.35. The first-order valence-corrected chi connectivity index (χ1v) is 4.27. The first kappa shape index (κ1) is 12.3. The van der Waals surface area contributed by atoms with Gasteiger partial charge >= 0.3 is 0 Å². The van der Waals surface area contributed by atoms with Gasteiger partial charge in [-0.3, -0.25) is 4.79 Å². The molecule has 0 rings (SSSR count). The van der Waals surface area contributed by atoms with Crippen LogP contribution in [0.1, 0.15) is 0 Å². The lowest BCUT2D eigenvalue weighted by Gasteiger charge is -2.10. The molecule has 0 aliphatic heterocycles. The number of nitrogens with one attached hydrogen (secondary N) is 1. The maximum atomic E-state index is 11.0. The highest BCUT2D eigenvalue weighted by atomic mass is 16.5. The van der Waals surface area contributed by atoms with E-state index in [1.807, 2.05) is 19.0 Å². The van der Waals surface area contributed by atoms with Crippen molar-refractivity contribution < 1.29 is 14.6 Å².